The van der Waals surface area contributed by atoms with Crippen LogP contribution in [0.5, 0.6) is 11.5 Å². The van der Waals surface area contributed by atoms with E-state index < -0.39 is 0 Å². The fraction of sp³-hybridized carbons (Fsp3) is 0.250. The van der Waals surface area contributed by atoms with Gasteiger partial charge in [0.05, 0.1) is 31.2 Å². The number of ether oxygens (including phenoxy) is 2. The maximum Gasteiger partial charge on any atom is 0.257 e. The van der Waals surface area contributed by atoms with Gasteiger partial charge in [0, 0.05) is 19.3 Å². The molecule has 1 unspecified atom stereocenters. The van der Waals surface area contributed by atoms with Gasteiger partial charge in [-0.3, -0.25) is 9.78 Å². The molecule has 1 amide bonds. The molecule has 0 saturated carbocycles. The second kappa shape index (κ2) is 5.55. The third-order valence-corrected chi connectivity index (χ3v) is 3.72. The van der Waals surface area contributed by atoms with Crippen LogP contribution in [-0.2, 0) is 0 Å². The Morgan fingerprint density at radius 3 is 2.55 bits per heavy atom. The maximum absolute atomic E-state index is 12.6. The fourth-order valence-electron chi connectivity index (χ4n) is 2.54. The summed E-state index contributed by atoms with van der Waals surface area (Å²) in [6, 6.07) is 9.08. The van der Waals surface area contributed by atoms with E-state index in [9.17, 15) is 4.79 Å². The number of nitrogens with zero attached hydrogens (tertiary/aromatic N) is 2. The molecule has 2 heterocycles. The molecule has 0 saturated heterocycles. The Morgan fingerprint density at radius 1 is 1.18 bits per heavy atom. The highest BCUT2D eigenvalue weighted by molar-refractivity contribution is 6.02. The normalized spacial score (nSPS) is 16.8. The largest absolute Gasteiger partial charge is 0.493 e. The molecule has 1 aliphatic rings. The Balaban J connectivity index is 2.06. The molecule has 0 bridgehead atoms. The molecule has 6 nitrogen and oxygen atoms in total. The van der Waals surface area contributed by atoms with Gasteiger partial charge in [0.2, 0.25) is 0 Å². The van der Waals surface area contributed by atoms with E-state index in [2.05, 4.69) is 10.3 Å². The summed E-state index contributed by atoms with van der Waals surface area (Å²) in [6.45, 7) is 0. The number of methoxy groups -OCH3 is 2. The monoisotopic (exact) mass is 299 g/mol. The molecule has 22 heavy (non-hydrogen) atoms. The van der Waals surface area contributed by atoms with Gasteiger partial charge in [0.1, 0.15) is 6.17 Å². The molecular weight excluding hydrogens is 282 g/mol. The van der Waals surface area contributed by atoms with Crippen LogP contribution in [0, 0.1) is 0 Å². The van der Waals surface area contributed by atoms with Crippen molar-refractivity contribution in [3.63, 3.8) is 0 Å². The second-order valence-corrected chi connectivity index (χ2v) is 4.97. The van der Waals surface area contributed by atoms with Gasteiger partial charge >= 0.3 is 0 Å². The standard InChI is InChI=1S/C16H17N3O3/c1-19-15(11-6-4-5-7-17-11)18-12-9-14(22-3)13(21-2)8-10(12)16(19)20/h4-9,15,18H,1-3H3. The van der Waals surface area contributed by atoms with Gasteiger partial charge in [0.25, 0.3) is 5.91 Å². The third kappa shape index (κ3) is 2.22. The number of carbonyl (C=O) groups excluding carboxylic acids is 1. The number of pyridine rings is 1. The average molecular weight is 299 g/mol. The number of amides is 1. The summed E-state index contributed by atoms with van der Waals surface area (Å²) in [6.07, 6.45) is 1.39. The lowest BCUT2D eigenvalue weighted by molar-refractivity contribution is 0.0732. The minimum absolute atomic E-state index is 0.0923. The van der Waals surface area contributed by atoms with Crippen LogP contribution in [0.2, 0.25) is 0 Å². The number of rotatable bonds is 3. The molecule has 1 aromatic heterocycles. The number of benzene rings is 1. The highest BCUT2D eigenvalue weighted by Crippen LogP contribution is 2.38. The summed E-state index contributed by atoms with van der Waals surface area (Å²) in [5.74, 6) is 1.01. The first-order valence-corrected chi connectivity index (χ1v) is 6.86. The van der Waals surface area contributed by atoms with Crippen LogP contribution >= 0.6 is 0 Å². The molecule has 0 spiro atoms. The van der Waals surface area contributed by atoms with Crippen molar-refractivity contribution in [3.8, 4) is 11.5 Å². The lowest BCUT2D eigenvalue weighted by Crippen LogP contribution is -2.40. The number of carbonyl (C=O) groups is 1. The zero-order valence-electron chi connectivity index (χ0n) is 12.7. The second-order valence-electron chi connectivity index (χ2n) is 4.97. The first-order valence-electron chi connectivity index (χ1n) is 6.86. The molecule has 0 fully saturated rings. The van der Waals surface area contributed by atoms with Crippen LogP contribution in [-0.4, -0.2) is 37.1 Å². The van der Waals surface area contributed by atoms with E-state index >= 15 is 0 Å². The summed E-state index contributed by atoms with van der Waals surface area (Å²) in [5.41, 5.74) is 2.03. The number of fused-ring (bicyclic) bond motifs is 1. The van der Waals surface area contributed by atoms with Crippen molar-refractivity contribution in [2.75, 3.05) is 26.6 Å². The quantitative estimate of drug-likeness (QED) is 0.942. The average Bonchev–Trinajstić information content (AvgIpc) is 2.57. The molecule has 1 aliphatic heterocycles. The molecular formula is C16H17N3O3. The van der Waals surface area contributed by atoms with Gasteiger partial charge in [0.15, 0.2) is 11.5 Å². The molecule has 6 heteroatoms. The Bertz CT molecular complexity index is 703. The Labute approximate surface area is 128 Å². The van der Waals surface area contributed by atoms with Crippen molar-refractivity contribution < 1.29 is 14.3 Å². The van der Waals surface area contributed by atoms with Crippen LogP contribution in [0.1, 0.15) is 22.2 Å². The lowest BCUT2D eigenvalue weighted by atomic mass is 10.1. The smallest absolute Gasteiger partial charge is 0.257 e. The molecule has 2 aromatic rings. The maximum atomic E-state index is 12.6. The summed E-state index contributed by atoms with van der Waals surface area (Å²) in [4.78, 5) is 18.6. The predicted octanol–water partition coefficient (Wildman–Crippen LogP) is 2.30. The number of hydrogen-bond donors (Lipinski definition) is 1. The predicted molar refractivity (Wildman–Crippen MR) is 82.2 cm³/mol. The number of anilines is 1. The summed E-state index contributed by atoms with van der Waals surface area (Å²) >= 11 is 0. The molecule has 1 N–H and O–H groups in total. The van der Waals surface area contributed by atoms with Crippen LogP contribution in [0.15, 0.2) is 36.5 Å². The zero-order valence-corrected chi connectivity index (χ0v) is 12.7. The zero-order chi connectivity index (χ0) is 15.7. The van der Waals surface area contributed by atoms with E-state index in [4.69, 9.17) is 9.47 Å². The van der Waals surface area contributed by atoms with Crippen molar-refractivity contribution in [3.05, 3.63) is 47.8 Å². The number of nitrogens with one attached hydrogen (secondary N) is 1. The first-order chi connectivity index (χ1) is 10.7. The molecule has 0 radical (unpaired) electrons. The van der Waals surface area contributed by atoms with Gasteiger partial charge in [-0.05, 0) is 18.2 Å². The van der Waals surface area contributed by atoms with Crippen molar-refractivity contribution in [2.45, 2.75) is 6.17 Å². The molecule has 3 rings (SSSR count). The van der Waals surface area contributed by atoms with Crippen molar-refractivity contribution >= 4 is 11.6 Å². The Kier molecular flexibility index (Phi) is 3.58. The number of aromatic nitrogens is 1. The minimum Gasteiger partial charge on any atom is -0.493 e. The fourth-order valence-corrected chi connectivity index (χ4v) is 2.54. The van der Waals surface area contributed by atoms with Crippen LogP contribution in [0.4, 0.5) is 5.69 Å². The molecule has 114 valence electrons. The van der Waals surface area contributed by atoms with Gasteiger partial charge in [-0.15, -0.1) is 0 Å². The summed E-state index contributed by atoms with van der Waals surface area (Å²) in [7, 11) is 4.86. The highest BCUT2D eigenvalue weighted by Gasteiger charge is 2.32. The van der Waals surface area contributed by atoms with Gasteiger partial charge in [-0.1, -0.05) is 6.07 Å². The van der Waals surface area contributed by atoms with Crippen LogP contribution in [0.25, 0.3) is 0 Å². The van der Waals surface area contributed by atoms with E-state index in [0.29, 0.717) is 22.7 Å². The Morgan fingerprint density at radius 2 is 1.91 bits per heavy atom. The van der Waals surface area contributed by atoms with Gasteiger partial charge in [-0.2, -0.15) is 0 Å². The van der Waals surface area contributed by atoms with E-state index in [1.165, 1.54) is 0 Å². The summed E-state index contributed by atoms with van der Waals surface area (Å²) in [5, 5.41) is 3.33. The van der Waals surface area contributed by atoms with Crippen molar-refractivity contribution in [2.24, 2.45) is 0 Å². The van der Waals surface area contributed by atoms with Gasteiger partial charge in [-0.25, -0.2) is 0 Å². The minimum atomic E-state index is -0.320. The van der Waals surface area contributed by atoms with E-state index in [1.807, 2.05) is 18.2 Å². The highest BCUT2D eigenvalue weighted by atomic mass is 16.5. The van der Waals surface area contributed by atoms with Crippen molar-refractivity contribution in [1.82, 2.24) is 9.88 Å². The topological polar surface area (TPSA) is 63.7 Å². The molecule has 1 atom stereocenters. The SMILES string of the molecule is COc1cc2c(cc1OC)C(=O)N(C)C(c1ccccn1)N2. The van der Waals surface area contributed by atoms with E-state index in [0.717, 1.165) is 5.69 Å². The van der Waals surface area contributed by atoms with E-state index in [1.54, 1.807) is 44.5 Å². The molecule has 1 aromatic carbocycles. The van der Waals surface area contributed by atoms with Crippen LogP contribution < -0.4 is 14.8 Å². The van der Waals surface area contributed by atoms with Gasteiger partial charge < -0.3 is 19.7 Å². The number of hydrogen-bond acceptors (Lipinski definition) is 5. The van der Waals surface area contributed by atoms with Crippen molar-refractivity contribution in [1.29, 1.82) is 0 Å². The van der Waals surface area contributed by atoms with E-state index in [-0.39, 0.29) is 12.1 Å². The lowest BCUT2D eigenvalue weighted by Gasteiger charge is -2.35. The molecule has 0 aliphatic carbocycles. The third-order valence-electron chi connectivity index (χ3n) is 3.72. The Hall–Kier alpha value is -2.76. The summed E-state index contributed by atoms with van der Waals surface area (Å²) < 4.78 is 10.6. The first kappa shape index (κ1) is 14.2. The van der Waals surface area contributed by atoms with Crippen LogP contribution in [0.3, 0.4) is 0 Å².